The Kier molecular flexibility index (Phi) is 5.11. The molecular formula is C26H21NO5. The normalized spacial score (nSPS) is 14.9. The summed E-state index contributed by atoms with van der Waals surface area (Å²) in [6.45, 7) is 0.183. The SMILES string of the molecule is COC(=O)C1Cc2ccccc2N1C(=O)c1ccc(COc2ccc3ccccc3c2)o1. The van der Waals surface area contributed by atoms with Crippen LogP contribution in [0.4, 0.5) is 5.69 Å². The number of para-hydroxylation sites is 1. The Morgan fingerprint density at radius 2 is 1.75 bits per heavy atom. The summed E-state index contributed by atoms with van der Waals surface area (Å²) in [7, 11) is 1.32. The van der Waals surface area contributed by atoms with Gasteiger partial charge in [-0.25, -0.2) is 4.79 Å². The van der Waals surface area contributed by atoms with Crippen molar-refractivity contribution >= 4 is 28.3 Å². The molecule has 0 aliphatic carbocycles. The topological polar surface area (TPSA) is 69.0 Å². The van der Waals surface area contributed by atoms with Crippen LogP contribution >= 0.6 is 0 Å². The van der Waals surface area contributed by atoms with Crippen molar-refractivity contribution in [2.75, 3.05) is 12.0 Å². The predicted octanol–water partition coefficient (Wildman–Crippen LogP) is 4.76. The second kappa shape index (κ2) is 8.23. The van der Waals surface area contributed by atoms with E-state index in [4.69, 9.17) is 13.9 Å². The van der Waals surface area contributed by atoms with Crippen LogP contribution in [-0.4, -0.2) is 25.0 Å². The van der Waals surface area contributed by atoms with Gasteiger partial charge in [0.2, 0.25) is 0 Å². The third-order valence-electron chi connectivity index (χ3n) is 5.64. The summed E-state index contributed by atoms with van der Waals surface area (Å²) in [5.74, 6) is 0.534. The Morgan fingerprint density at radius 3 is 2.59 bits per heavy atom. The van der Waals surface area contributed by atoms with Crippen molar-refractivity contribution in [3.63, 3.8) is 0 Å². The van der Waals surface area contributed by atoms with Crippen LogP contribution in [0.5, 0.6) is 5.75 Å². The van der Waals surface area contributed by atoms with Gasteiger partial charge in [0, 0.05) is 12.1 Å². The molecule has 0 saturated carbocycles. The van der Waals surface area contributed by atoms with E-state index in [1.165, 1.54) is 12.0 Å². The summed E-state index contributed by atoms with van der Waals surface area (Å²) in [5.41, 5.74) is 1.61. The second-order valence-corrected chi connectivity index (χ2v) is 7.61. The third kappa shape index (κ3) is 3.60. The molecule has 32 heavy (non-hydrogen) atoms. The number of fused-ring (bicyclic) bond motifs is 2. The van der Waals surface area contributed by atoms with Gasteiger partial charge in [0.1, 0.15) is 24.2 Å². The molecule has 1 unspecified atom stereocenters. The van der Waals surface area contributed by atoms with Gasteiger partial charge in [0.25, 0.3) is 5.91 Å². The number of benzene rings is 3. The van der Waals surface area contributed by atoms with E-state index in [9.17, 15) is 9.59 Å². The summed E-state index contributed by atoms with van der Waals surface area (Å²) in [6, 6.07) is 24.0. The molecule has 1 aliphatic rings. The van der Waals surface area contributed by atoms with Crippen LogP contribution in [0.25, 0.3) is 10.8 Å². The number of amides is 1. The zero-order valence-electron chi connectivity index (χ0n) is 17.5. The molecule has 1 atom stereocenters. The minimum Gasteiger partial charge on any atom is -0.486 e. The van der Waals surface area contributed by atoms with E-state index in [1.807, 2.05) is 66.7 Å². The number of esters is 1. The molecule has 4 aromatic rings. The highest BCUT2D eigenvalue weighted by Gasteiger charge is 2.40. The lowest BCUT2D eigenvalue weighted by Crippen LogP contribution is -2.43. The third-order valence-corrected chi connectivity index (χ3v) is 5.64. The first kappa shape index (κ1) is 19.9. The molecule has 2 heterocycles. The van der Waals surface area contributed by atoms with Gasteiger partial charge in [-0.15, -0.1) is 0 Å². The van der Waals surface area contributed by atoms with E-state index in [1.54, 1.807) is 12.1 Å². The molecule has 1 amide bonds. The van der Waals surface area contributed by atoms with Crippen molar-refractivity contribution in [1.82, 2.24) is 0 Å². The van der Waals surface area contributed by atoms with Crippen molar-refractivity contribution in [3.05, 3.63) is 95.9 Å². The first-order chi connectivity index (χ1) is 15.6. The Morgan fingerprint density at radius 1 is 0.969 bits per heavy atom. The largest absolute Gasteiger partial charge is 0.486 e. The molecule has 1 aromatic heterocycles. The molecule has 0 fully saturated rings. The van der Waals surface area contributed by atoms with Gasteiger partial charge in [-0.05, 0) is 46.7 Å². The Hall–Kier alpha value is -4.06. The molecule has 0 N–H and O–H groups in total. The van der Waals surface area contributed by atoms with Gasteiger partial charge in [-0.1, -0.05) is 48.5 Å². The van der Waals surface area contributed by atoms with E-state index in [0.717, 1.165) is 16.3 Å². The van der Waals surface area contributed by atoms with Gasteiger partial charge >= 0.3 is 5.97 Å². The first-order valence-corrected chi connectivity index (χ1v) is 10.3. The lowest BCUT2D eigenvalue weighted by molar-refractivity contribution is -0.141. The lowest BCUT2D eigenvalue weighted by atomic mass is 10.1. The van der Waals surface area contributed by atoms with Crippen molar-refractivity contribution in [1.29, 1.82) is 0 Å². The van der Waals surface area contributed by atoms with Crippen LogP contribution in [0.1, 0.15) is 21.9 Å². The van der Waals surface area contributed by atoms with Crippen molar-refractivity contribution in [2.24, 2.45) is 0 Å². The minimum atomic E-state index is -0.715. The maximum absolute atomic E-state index is 13.3. The summed E-state index contributed by atoms with van der Waals surface area (Å²) in [5, 5.41) is 2.22. The van der Waals surface area contributed by atoms with Gasteiger partial charge in [0.15, 0.2) is 5.76 Å². The van der Waals surface area contributed by atoms with Gasteiger partial charge in [0.05, 0.1) is 7.11 Å². The molecule has 6 heteroatoms. The summed E-state index contributed by atoms with van der Waals surface area (Å²) < 4.78 is 16.6. The molecule has 160 valence electrons. The van der Waals surface area contributed by atoms with E-state index in [-0.39, 0.29) is 18.3 Å². The standard InChI is InChI=1S/C26H21NO5/c1-30-26(29)23-15-19-8-4-5-9-22(19)27(23)25(28)24-13-12-21(32-24)16-31-20-11-10-17-6-2-3-7-18(17)14-20/h2-14,23H,15-16H2,1H3. The Labute approximate surface area is 185 Å². The number of rotatable bonds is 5. The van der Waals surface area contributed by atoms with Crippen molar-refractivity contribution in [3.8, 4) is 5.75 Å². The zero-order chi connectivity index (χ0) is 22.1. The minimum absolute atomic E-state index is 0.146. The lowest BCUT2D eigenvalue weighted by Gasteiger charge is -2.22. The fourth-order valence-electron chi connectivity index (χ4n) is 4.06. The predicted molar refractivity (Wildman–Crippen MR) is 120 cm³/mol. The number of carbonyl (C=O) groups is 2. The molecule has 0 radical (unpaired) electrons. The van der Waals surface area contributed by atoms with Crippen LogP contribution in [0.2, 0.25) is 0 Å². The quantitative estimate of drug-likeness (QED) is 0.430. The highest BCUT2D eigenvalue weighted by molar-refractivity contribution is 6.09. The Balaban J connectivity index is 1.34. The number of ether oxygens (including phenoxy) is 2. The van der Waals surface area contributed by atoms with Gasteiger partial charge in [-0.2, -0.15) is 0 Å². The summed E-state index contributed by atoms with van der Waals surface area (Å²) in [6.07, 6.45) is 0.410. The van der Waals surface area contributed by atoms with Gasteiger partial charge < -0.3 is 13.9 Å². The fourth-order valence-corrected chi connectivity index (χ4v) is 4.06. The zero-order valence-corrected chi connectivity index (χ0v) is 17.5. The summed E-state index contributed by atoms with van der Waals surface area (Å²) in [4.78, 5) is 27.0. The maximum atomic E-state index is 13.3. The average Bonchev–Trinajstić information content (AvgIpc) is 3.47. The number of methoxy groups -OCH3 is 1. The second-order valence-electron chi connectivity index (χ2n) is 7.61. The smallest absolute Gasteiger partial charge is 0.329 e. The van der Waals surface area contributed by atoms with Crippen molar-refractivity contribution in [2.45, 2.75) is 19.1 Å². The van der Waals surface area contributed by atoms with Crippen LogP contribution in [-0.2, 0) is 22.6 Å². The molecular weight excluding hydrogens is 406 g/mol. The molecule has 0 bridgehead atoms. The Bertz CT molecular complexity index is 1310. The van der Waals surface area contributed by atoms with Crippen LogP contribution in [0, 0.1) is 0 Å². The maximum Gasteiger partial charge on any atom is 0.329 e. The monoisotopic (exact) mass is 427 g/mol. The van der Waals surface area contributed by atoms with Gasteiger partial charge in [-0.3, -0.25) is 9.69 Å². The molecule has 6 nitrogen and oxygen atoms in total. The molecule has 5 rings (SSSR count). The number of carbonyl (C=O) groups excluding carboxylic acids is 2. The highest BCUT2D eigenvalue weighted by atomic mass is 16.5. The number of furan rings is 1. The number of anilines is 1. The van der Waals surface area contributed by atoms with Crippen molar-refractivity contribution < 1.29 is 23.5 Å². The average molecular weight is 427 g/mol. The van der Waals surface area contributed by atoms with Crippen LogP contribution in [0.3, 0.4) is 0 Å². The van der Waals surface area contributed by atoms with E-state index in [0.29, 0.717) is 23.6 Å². The fraction of sp³-hybridized carbons (Fsp3) is 0.154. The number of hydrogen-bond donors (Lipinski definition) is 0. The number of nitrogens with zero attached hydrogens (tertiary/aromatic N) is 1. The van der Waals surface area contributed by atoms with Crippen LogP contribution < -0.4 is 9.64 Å². The van der Waals surface area contributed by atoms with E-state index in [2.05, 4.69) is 0 Å². The number of hydrogen-bond acceptors (Lipinski definition) is 5. The highest BCUT2D eigenvalue weighted by Crippen LogP contribution is 2.34. The molecule has 3 aromatic carbocycles. The molecule has 0 spiro atoms. The van der Waals surface area contributed by atoms with E-state index >= 15 is 0 Å². The first-order valence-electron chi connectivity index (χ1n) is 10.3. The molecule has 1 aliphatic heterocycles. The van der Waals surface area contributed by atoms with E-state index < -0.39 is 12.0 Å². The molecule has 0 saturated heterocycles. The summed E-state index contributed by atoms with van der Waals surface area (Å²) >= 11 is 0. The van der Waals surface area contributed by atoms with Crippen LogP contribution in [0.15, 0.2) is 83.3 Å².